The first-order valence-electron chi connectivity index (χ1n) is 13.4. The first-order chi connectivity index (χ1) is 19.4. The van der Waals surface area contributed by atoms with E-state index in [-0.39, 0.29) is 18.3 Å². The van der Waals surface area contributed by atoms with Gasteiger partial charge < -0.3 is 20.1 Å². The standard InChI is InChI=1S/C30H31ClN4O5/c1-35-27-22(4-2-3-5-24-18-40-30(38)33-24)15-21(14-19-10-12-39-13-11-19)16-25(27)28(36)26(34-35)29(37)32-17-20-6-8-23(31)9-7-20/h6-9,15-16,19,24H,3,5,10-14,17-18H2,1H3,(H,32,37)(H,33,38)/t24-/m1/s1. The quantitative estimate of drug-likeness (QED) is 0.425. The number of nitrogens with one attached hydrogen (secondary N) is 2. The van der Waals surface area contributed by atoms with E-state index in [1.807, 2.05) is 24.3 Å². The molecule has 0 aliphatic carbocycles. The number of carbonyl (C=O) groups excluding carboxylic acids is 2. The van der Waals surface area contributed by atoms with Crippen molar-refractivity contribution in [3.05, 3.63) is 74.0 Å². The fourth-order valence-corrected chi connectivity index (χ4v) is 5.21. The molecule has 9 nitrogen and oxygen atoms in total. The van der Waals surface area contributed by atoms with E-state index in [1.165, 1.54) is 0 Å². The molecule has 0 unspecified atom stereocenters. The van der Waals surface area contributed by atoms with E-state index in [9.17, 15) is 14.4 Å². The summed E-state index contributed by atoms with van der Waals surface area (Å²) in [4.78, 5) is 38.0. The molecule has 2 N–H and O–H groups in total. The van der Waals surface area contributed by atoms with Crippen LogP contribution < -0.4 is 16.1 Å². The van der Waals surface area contributed by atoms with E-state index >= 15 is 0 Å². The minimum absolute atomic E-state index is 0.0571. The molecule has 2 amide bonds. The lowest BCUT2D eigenvalue weighted by Gasteiger charge is -2.22. The Hall–Kier alpha value is -3.87. The predicted octanol–water partition coefficient (Wildman–Crippen LogP) is 3.73. The molecule has 2 fully saturated rings. The van der Waals surface area contributed by atoms with Crippen molar-refractivity contribution in [2.24, 2.45) is 13.0 Å². The van der Waals surface area contributed by atoms with Crippen LogP contribution >= 0.6 is 11.6 Å². The Morgan fingerprint density at radius 1 is 1.18 bits per heavy atom. The van der Waals surface area contributed by atoms with Gasteiger partial charge in [0.25, 0.3) is 5.91 Å². The van der Waals surface area contributed by atoms with Crippen molar-refractivity contribution in [3.8, 4) is 11.8 Å². The lowest BCUT2D eigenvalue weighted by molar-refractivity contribution is 0.0665. The molecule has 10 heteroatoms. The minimum Gasteiger partial charge on any atom is -0.447 e. The number of amides is 2. The van der Waals surface area contributed by atoms with Crippen molar-refractivity contribution >= 4 is 34.5 Å². The van der Waals surface area contributed by atoms with E-state index in [1.54, 1.807) is 23.9 Å². The largest absolute Gasteiger partial charge is 0.447 e. The molecule has 3 heterocycles. The minimum atomic E-state index is -0.541. The van der Waals surface area contributed by atoms with Crippen LogP contribution in [0, 0.1) is 17.8 Å². The third-order valence-corrected chi connectivity index (χ3v) is 7.48. The zero-order valence-corrected chi connectivity index (χ0v) is 23.1. The van der Waals surface area contributed by atoms with Crippen LogP contribution in [0.5, 0.6) is 0 Å². The summed E-state index contributed by atoms with van der Waals surface area (Å²) in [6.07, 6.45) is 3.52. The molecular formula is C30H31ClN4O5. The Balaban J connectivity index is 1.44. The highest BCUT2D eigenvalue weighted by Gasteiger charge is 2.22. The number of rotatable bonds is 7. The summed E-state index contributed by atoms with van der Waals surface area (Å²) in [5.41, 5.74) is 2.53. The maximum atomic E-state index is 13.6. The molecule has 208 valence electrons. The number of hydrogen-bond donors (Lipinski definition) is 2. The molecule has 0 saturated carbocycles. The average Bonchev–Trinajstić information content (AvgIpc) is 3.37. The van der Waals surface area contributed by atoms with Crippen LogP contribution in [-0.4, -0.2) is 47.6 Å². The molecule has 5 rings (SSSR count). The number of aryl methyl sites for hydroxylation is 1. The van der Waals surface area contributed by atoms with Crippen LogP contribution in [0.2, 0.25) is 5.02 Å². The van der Waals surface area contributed by atoms with Crippen molar-refractivity contribution in [3.63, 3.8) is 0 Å². The summed E-state index contributed by atoms with van der Waals surface area (Å²) >= 11 is 5.95. The topological polar surface area (TPSA) is 112 Å². The van der Waals surface area contributed by atoms with Crippen molar-refractivity contribution in [1.82, 2.24) is 20.4 Å². The summed E-state index contributed by atoms with van der Waals surface area (Å²) in [5, 5.41) is 10.9. The molecule has 2 saturated heterocycles. The molecule has 40 heavy (non-hydrogen) atoms. The van der Waals surface area contributed by atoms with Crippen molar-refractivity contribution < 1.29 is 19.1 Å². The van der Waals surface area contributed by atoms with Crippen LogP contribution in [0.1, 0.15) is 52.9 Å². The average molecular weight is 563 g/mol. The molecule has 0 spiro atoms. The van der Waals surface area contributed by atoms with Crippen LogP contribution in [0.3, 0.4) is 0 Å². The zero-order chi connectivity index (χ0) is 28.1. The van der Waals surface area contributed by atoms with Crippen LogP contribution in [-0.2, 0) is 29.5 Å². The fourth-order valence-electron chi connectivity index (χ4n) is 5.09. The lowest BCUT2D eigenvalue weighted by Crippen LogP contribution is -2.31. The number of ether oxygens (including phenoxy) is 2. The van der Waals surface area contributed by atoms with Gasteiger partial charge >= 0.3 is 6.09 Å². The Morgan fingerprint density at radius 2 is 1.95 bits per heavy atom. The van der Waals surface area contributed by atoms with Gasteiger partial charge in [-0.2, -0.15) is 5.10 Å². The number of halogens is 1. The van der Waals surface area contributed by atoms with Crippen LogP contribution in [0.25, 0.3) is 10.9 Å². The highest BCUT2D eigenvalue weighted by atomic mass is 35.5. The number of hydrogen-bond acceptors (Lipinski definition) is 6. The summed E-state index contributed by atoms with van der Waals surface area (Å²) in [6, 6.07) is 11.0. The number of fused-ring (bicyclic) bond motifs is 1. The van der Waals surface area contributed by atoms with Gasteiger partial charge in [-0.05, 0) is 67.0 Å². The van der Waals surface area contributed by atoms with Gasteiger partial charge in [-0.1, -0.05) is 35.6 Å². The maximum absolute atomic E-state index is 13.6. The second-order valence-electron chi connectivity index (χ2n) is 10.2. The summed E-state index contributed by atoms with van der Waals surface area (Å²) in [7, 11) is 1.71. The van der Waals surface area contributed by atoms with Gasteiger partial charge in [-0.25, -0.2) is 4.79 Å². The zero-order valence-electron chi connectivity index (χ0n) is 22.3. The number of benzene rings is 2. The monoisotopic (exact) mass is 562 g/mol. The first kappa shape index (κ1) is 27.7. The summed E-state index contributed by atoms with van der Waals surface area (Å²) < 4.78 is 12.0. The summed E-state index contributed by atoms with van der Waals surface area (Å²) in [5.74, 6) is 6.32. The maximum Gasteiger partial charge on any atom is 0.407 e. The van der Waals surface area contributed by atoms with E-state index in [2.05, 4.69) is 27.6 Å². The second kappa shape index (κ2) is 12.5. The Bertz CT molecular complexity index is 1530. The van der Waals surface area contributed by atoms with E-state index in [0.29, 0.717) is 46.9 Å². The fraction of sp³-hybridized carbons (Fsp3) is 0.400. The van der Waals surface area contributed by atoms with Gasteiger partial charge in [0.1, 0.15) is 6.61 Å². The molecule has 2 aliphatic rings. The highest BCUT2D eigenvalue weighted by Crippen LogP contribution is 2.24. The van der Waals surface area contributed by atoms with Crippen LogP contribution in [0.4, 0.5) is 4.79 Å². The summed E-state index contributed by atoms with van der Waals surface area (Å²) in [6.45, 7) is 2.04. The Kier molecular flexibility index (Phi) is 8.68. The second-order valence-corrected chi connectivity index (χ2v) is 10.6. The molecule has 1 aromatic heterocycles. The Morgan fingerprint density at radius 3 is 2.67 bits per heavy atom. The molecule has 2 aromatic carbocycles. The number of carbonyl (C=O) groups is 2. The molecular weight excluding hydrogens is 532 g/mol. The molecule has 1 atom stereocenters. The smallest absolute Gasteiger partial charge is 0.407 e. The van der Waals surface area contributed by atoms with Crippen molar-refractivity contribution in [2.45, 2.75) is 44.7 Å². The first-order valence-corrected chi connectivity index (χ1v) is 13.8. The SMILES string of the molecule is Cn1nc(C(=O)NCc2ccc(Cl)cc2)c(=O)c2cc(CC3CCOCC3)cc(C#CCC[C@@H]3COC(=O)N3)c21. The van der Waals surface area contributed by atoms with Gasteiger partial charge in [0.05, 0.1) is 22.5 Å². The molecule has 2 aliphatic heterocycles. The Labute approximate surface area is 237 Å². The van der Waals surface area contributed by atoms with E-state index in [0.717, 1.165) is 43.6 Å². The van der Waals surface area contributed by atoms with Gasteiger partial charge in [0.2, 0.25) is 5.43 Å². The number of alkyl carbamates (subject to hydrolysis) is 1. The number of cyclic esters (lactones) is 1. The molecule has 3 aromatic rings. The van der Waals surface area contributed by atoms with Crippen molar-refractivity contribution in [1.29, 1.82) is 0 Å². The van der Waals surface area contributed by atoms with Gasteiger partial charge in [0.15, 0.2) is 5.69 Å². The predicted molar refractivity (Wildman–Crippen MR) is 151 cm³/mol. The van der Waals surface area contributed by atoms with Gasteiger partial charge in [-0.3, -0.25) is 14.3 Å². The molecule has 0 bridgehead atoms. The highest BCUT2D eigenvalue weighted by molar-refractivity contribution is 6.30. The van der Waals surface area contributed by atoms with Gasteiger partial charge in [0, 0.05) is 38.2 Å². The third-order valence-electron chi connectivity index (χ3n) is 7.23. The molecule has 0 radical (unpaired) electrons. The number of nitrogens with zero attached hydrogens (tertiary/aromatic N) is 2. The van der Waals surface area contributed by atoms with E-state index in [4.69, 9.17) is 21.1 Å². The van der Waals surface area contributed by atoms with E-state index < -0.39 is 17.4 Å². The van der Waals surface area contributed by atoms with Crippen molar-refractivity contribution in [2.75, 3.05) is 19.8 Å². The van der Waals surface area contributed by atoms with Crippen LogP contribution in [0.15, 0.2) is 41.2 Å². The van der Waals surface area contributed by atoms with Gasteiger partial charge in [-0.15, -0.1) is 0 Å². The normalized spacial score (nSPS) is 17.1. The lowest BCUT2D eigenvalue weighted by atomic mass is 9.90. The number of aromatic nitrogens is 2. The third kappa shape index (κ3) is 6.64.